The minimum absolute atomic E-state index is 0.515. The van der Waals surface area contributed by atoms with E-state index in [0.29, 0.717) is 5.95 Å². The van der Waals surface area contributed by atoms with E-state index in [2.05, 4.69) is 62.7 Å². The van der Waals surface area contributed by atoms with Gasteiger partial charge in [0, 0.05) is 17.9 Å². The molecule has 0 bridgehead atoms. The summed E-state index contributed by atoms with van der Waals surface area (Å²) < 4.78 is 0. The number of para-hydroxylation sites is 2. The second kappa shape index (κ2) is 5.68. The maximum absolute atomic E-state index is 4.63. The third-order valence-electron chi connectivity index (χ3n) is 4.10. The Kier molecular flexibility index (Phi) is 3.38. The second-order valence-electron chi connectivity index (χ2n) is 5.61. The van der Waals surface area contributed by atoms with E-state index in [1.165, 1.54) is 11.3 Å². The average Bonchev–Trinajstić information content (AvgIpc) is 3.01. The molecule has 0 fully saturated rings. The Hall–Kier alpha value is -2.95. The molecule has 0 saturated heterocycles. The molecule has 1 aliphatic heterocycles. The van der Waals surface area contributed by atoms with E-state index in [9.17, 15) is 0 Å². The number of aromatic nitrogens is 3. The summed E-state index contributed by atoms with van der Waals surface area (Å²) in [5.74, 6) is 1.34. The average molecular weight is 303 g/mol. The van der Waals surface area contributed by atoms with Gasteiger partial charge >= 0.3 is 0 Å². The molecule has 4 rings (SSSR count). The van der Waals surface area contributed by atoms with Gasteiger partial charge in [0.1, 0.15) is 0 Å². The highest BCUT2D eigenvalue weighted by molar-refractivity contribution is 5.68. The molecule has 0 amide bonds. The van der Waals surface area contributed by atoms with Crippen LogP contribution in [0.1, 0.15) is 11.1 Å². The van der Waals surface area contributed by atoms with Crippen molar-refractivity contribution in [1.29, 1.82) is 0 Å². The normalized spacial score (nSPS) is 13.0. The molecule has 0 radical (unpaired) electrons. The number of nitrogens with zero attached hydrogens (tertiary/aromatic N) is 4. The van der Waals surface area contributed by atoms with E-state index in [0.717, 1.165) is 30.0 Å². The molecule has 0 aliphatic carbocycles. The monoisotopic (exact) mass is 303 g/mol. The third kappa shape index (κ3) is 2.61. The molecule has 3 aromatic rings. The summed E-state index contributed by atoms with van der Waals surface area (Å²) in [6, 6.07) is 16.5. The fourth-order valence-electron chi connectivity index (χ4n) is 2.89. The molecule has 0 saturated carbocycles. The number of benzene rings is 2. The third-order valence-corrected chi connectivity index (χ3v) is 4.10. The first kappa shape index (κ1) is 13.7. The van der Waals surface area contributed by atoms with Crippen LogP contribution in [-0.4, -0.2) is 21.7 Å². The summed E-state index contributed by atoms with van der Waals surface area (Å²) in [5, 5.41) is 11.5. The zero-order valence-corrected chi connectivity index (χ0v) is 12.9. The highest BCUT2D eigenvalue weighted by atomic mass is 15.3. The van der Waals surface area contributed by atoms with Gasteiger partial charge in [0.25, 0.3) is 0 Å². The first-order chi connectivity index (χ1) is 11.3. The predicted octanol–water partition coefficient (Wildman–Crippen LogP) is 3.62. The van der Waals surface area contributed by atoms with Crippen molar-refractivity contribution in [3.63, 3.8) is 0 Å². The number of aryl methyl sites for hydroxylation is 1. The van der Waals surface area contributed by atoms with Gasteiger partial charge in [-0.1, -0.05) is 36.4 Å². The maximum Gasteiger partial charge on any atom is 0.249 e. The Morgan fingerprint density at radius 2 is 1.87 bits per heavy atom. The van der Waals surface area contributed by atoms with Crippen LogP contribution < -0.4 is 10.2 Å². The van der Waals surface area contributed by atoms with Crippen LogP contribution in [-0.2, 0) is 6.42 Å². The molecule has 1 N–H and O–H groups in total. The summed E-state index contributed by atoms with van der Waals surface area (Å²) in [6.45, 7) is 2.97. The first-order valence-corrected chi connectivity index (χ1v) is 7.69. The number of rotatable bonds is 3. The van der Waals surface area contributed by atoms with Crippen molar-refractivity contribution in [3.8, 4) is 0 Å². The van der Waals surface area contributed by atoms with Gasteiger partial charge in [0.05, 0.1) is 6.20 Å². The minimum Gasteiger partial charge on any atom is -0.324 e. The van der Waals surface area contributed by atoms with Crippen LogP contribution in [0.4, 0.5) is 23.1 Å². The zero-order valence-electron chi connectivity index (χ0n) is 12.9. The molecule has 2 heterocycles. The highest BCUT2D eigenvalue weighted by Crippen LogP contribution is 2.33. The Balaban J connectivity index is 1.64. The predicted molar refractivity (Wildman–Crippen MR) is 91.4 cm³/mol. The molecule has 1 aromatic heterocycles. The topological polar surface area (TPSA) is 53.9 Å². The lowest BCUT2D eigenvalue weighted by molar-refractivity contribution is 0.920. The molecule has 5 nitrogen and oxygen atoms in total. The molecular formula is C18H17N5. The van der Waals surface area contributed by atoms with Gasteiger partial charge in [-0.05, 0) is 36.6 Å². The van der Waals surface area contributed by atoms with Crippen molar-refractivity contribution >= 4 is 23.1 Å². The minimum atomic E-state index is 0.515. The van der Waals surface area contributed by atoms with Gasteiger partial charge in [0.2, 0.25) is 5.95 Å². The van der Waals surface area contributed by atoms with Crippen LogP contribution in [0, 0.1) is 6.92 Å². The molecule has 23 heavy (non-hydrogen) atoms. The van der Waals surface area contributed by atoms with Crippen molar-refractivity contribution in [1.82, 2.24) is 15.2 Å². The van der Waals surface area contributed by atoms with Crippen LogP contribution in [0.2, 0.25) is 0 Å². The van der Waals surface area contributed by atoms with Crippen molar-refractivity contribution < 1.29 is 0 Å². The molecule has 2 aromatic carbocycles. The lowest BCUT2D eigenvalue weighted by atomic mass is 10.2. The van der Waals surface area contributed by atoms with Gasteiger partial charge < -0.3 is 10.2 Å². The van der Waals surface area contributed by atoms with E-state index >= 15 is 0 Å². The highest BCUT2D eigenvalue weighted by Gasteiger charge is 2.21. The van der Waals surface area contributed by atoms with E-state index < -0.39 is 0 Å². The van der Waals surface area contributed by atoms with E-state index in [1.807, 2.05) is 18.2 Å². The van der Waals surface area contributed by atoms with Crippen LogP contribution in [0.3, 0.4) is 0 Å². The Bertz CT molecular complexity index is 846. The summed E-state index contributed by atoms with van der Waals surface area (Å²) >= 11 is 0. The Morgan fingerprint density at radius 1 is 1.04 bits per heavy atom. The summed E-state index contributed by atoms with van der Waals surface area (Å²) in [7, 11) is 0. The Morgan fingerprint density at radius 3 is 2.78 bits per heavy atom. The summed E-state index contributed by atoms with van der Waals surface area (Å²) in [5.41, 5.74) is 4.69. The number of hydrogen-bond donors (Lipinski definition) is 1. The van der Waals surface area contributed by atoms with Gasteiger partial charge in [-0.15, -0.1) is 5.10 Å². The molecule has 0 atom stereocenters. The molecule has 0 unspecified atom stereocenters. The van der Waals surface area contributed by atoms with E-state index in [1.54, 1.807) is 6.20 Å². The number of nitrogens with one attached hydrogen (secondary N) is 1. The number of fused-ring (bicyclic) bond motifs is 1. The summed E-state index contributed by atoms with van der Waals surface area (Å²) in [4.78, 5) is 6.82. The lowest BCUT2D eigenvalue weighted by Crippen LogP contribution is -2.16. The largest absolute Gasteiger partial charge is 0.324 e. The molecule has 1 aliphatic rings. The van der Waals surface area contributed by atoms with Crippen LogP contribution in [0.25, 0.3) is 0 Å². The first-order valence-electron chi connectivity index (χ1n) is 7.69. The molecular weight excluding hydrogens is 286 g/mol. The lowest BCUT2D eigenvalue weighted by Gasteiger charge is -2.18. The SMILES string of the molecule is Cc1ccccc1Nc1nncc(N2CCc3ccccc32)n1. The van der Waals surface area contributed by atoms with E-state index in [4.69, 9.17) is 0 Å². The van der Waals surface area contributed by atoms with Crippen LogP contribution in [0.15, 0.2) is 54.7 Å². The number of anilines is 4. The second-order valence-corrected chi connectivity index (χ2v) is 5.61. The van der Waals surface area contributed by atoms with Crippen molar-refractivity contribution in [2.24, 2.45) is 0 Å². The Labute approximate surface area is 135 Å². The van der Waals surface area contributed by atoms with Crippen molar-refractivity contribution in [3.05, 3.63) is 65.9 Å². The van der Waals surface area contributed by atoms with Gasteiger partial charge in [-0.25, -0.2) is 0 Å². The fourth-order valence-corrected chi connectivity index (χ4v) is 2.89. The summed E-state index contributed by atoms with van der Waals surface area (Å²) in [6.07, 6.45) is 2.74. The van der Waals surface area contributed by atoms with E-state index in [-0.39, 0.29) is 0 Å². The molecule has 0 spiro atoms. The molecule has 5 heteroatoms. The van der Waals surface area contributed by atoms with Gasteiger partial charge in [-0.2, -0.15) is 10.1 Å². The van der Waals surface area contributed by atoms with Crippen LogP contribution >= 0.6 is 0 Å². The van der Waals surface area contributed by atoms with Crippen molar-refractivity contribution in [2.75, 3.05) is 16.8 Å². The smallest absolute Gasteiger partial charge is 0.249 e. The van der Waals surface area contributed by atoms with Gasteiger partial charge in [-0.3, -0.25) is 0 Å². The molecule has 114 valence electrons. The quantitative estimate of drug-likeness (QED) is 0.801. The maximum atomic E-state index is 4.63. The standard InChI is InChI=1S/C18H17N5/c1-13-6-2-4-8-15(13)20-18-21-17(12-19-22-18)23-11-10-14-7-3-5-9-16(14)23/h2-9,12H,10-11H2,1H3,(H,20,21,22). The number of hydrogen-bond acceptors (Lipinski definition) is 5. The fraction of sp³-hybridized carbons (Fsp3) is 0.167. The van der Waals surface area contributed by atoms with Gasteiger partial charge in [0.15, 0.2) is 5.82 Å². The zero-order chi connectivity index (χ0) is 15.6. The van der Waals surface area contributed by atoms with Crippen molar-refractivity contribution in [2.45, 2.75) is 13.3 Å². The van der Waals surface area contributed by atoms with Crippen LogP contribution in [0.5, 0.6) is 0 Å².